The summed E-state index contributed by atoms with van der Waals surface area (Å²) in [5.74, 6) is 0. The first-order valence-electron chi connectivity index (χ1n) is 6.73. The van der Waals surface area contributed by atoms with Crippen LogP contribution in [0.15, 0.2) is 17.5 Å². The zero-order valence-corrected chi connectivity index (χ0v) is 13.2. The highest BCUT2D eigenvalue weighted by molar-refractivity contribution is 7.13. The van der Waals surface area contributed by atoms with Gasteiger partial charge in [-0.15, -0.1) is 11.3 Å². The molecule has 1 N–H and O–H groups in total. The SMILES string of the molecule is Cc1cc(C)c(-c2nc(CNC(C)C)cs2)cc1C. The van der Waals surface area contributed by atoms with Crippen LogP contribution in [0.2, 0.25) is 0 Å². The second-order valence-corrected chi connectivity index (χ2v) is 6.29. The van der Waals surface area contributed by atoms with Crippen LogP contribution in [-0.4, -0.2) is 11.0 Å². The Kier molecular flexibility index (Phi) is 4.38. The van der Waals surface area contributed by atoms with E-state index < -0.39 is 0 Å². The lowest BCUT2D eigenvalue weighted by Gasteiger charge is -2.07. The highest BCUT2D eigenvalue weighted by Crippen LogP contribution is 2.29. The molecule has 19 heavy (non-hydrogen) atoms. The zero-order valence-electron chi connectivity index (χ0n) is 12.4. The maximum absolute atomic E-state index is 4.74. The Morgan fingerprint density at radius 3 is 2.47 bits per heavy atom. The summed E-state index contributed by atoms with van der Waals surface area (Å²) in [6, 6.07) is 5.00. The van der Waals surface area contributed by atoms with E-state index in [0.717, 1.165) is 17.2 Å². The van der Waals surface area contributed by atoms with E-state index in [0.29, 0.717) is 6.04 Å². The Balaban J connectivity index is 2.25. The van der Waals surface area contributed by atoms with E-state index in [-0.39, 0.29) is 0 Å². The van der Waals surface area contributed by atoms with Crippen LogP contribution in [0.25, 0.3) is 10.6 Å². The monoisotopic (exact) mass is 274 g/mol. The van der Waals surface area contributed by atoms with Gasteiger partial charge in [-0.1, -0.05) is 19.9 Å². The van der Waals surface area contributed by atoms with E-state index in [1.54, 1.807) is 11.3 Å². The molecule has 0 aliphatic carbocycles. The number of hydrogen-bond donors (Lipinski definition) is 1. The third kappa shape index (κ3) is 3.43. The highest BCUT2D eigenvalue weighted by atomic mass is 32.1. The van der Waals surface area contributed by atoms with Crippen molar-refractivity contribution >= 4 is 11.3 Å². The first kappa shape index (κ1) is 14.2. The van der Waals surface area contributed by atoms with Gasteiger partial charge in [0.1, 0.15) is 5.01 Å². The Bertz CT molecular complexity index is 570. The standard InChI is InChI=1S/C16H22N2S/c1-10(2)17-8-14-9-19-16(18-14)15-7-12(4)11(3)6-13(15)5/h6-7,9-10,17H,8H2,1-5H3. The molecular formula is C16H22N2S. The molecule has 2 rings (SSSR count). The van der Waals surface area contributed by atoms with Crippen molar-refractivity contribution in [3.63, 3.8) is 0 Å². The molecule has 3 heteroatoms. The lowest BCUT2D eigenvalue weighted by atomic mass is 10.0. The fraction of sp³-hybridized carbons (Fsp3) is 0.438. The van der Waals surface area contributed by atoms with E-state index in [1.807, 2.05) is 0 Å². The van der Waals surface area contributed by atoms with Gasteiger partial charge in [0.25, 0.3) is 0 Å². The normalized spacial score (nSPS) is 11.3. The molecule has 102 valence electrons. The summed E-state index contributed by atoms with van der Waals surface area (Å²) >= 11 is 1.73. The molecular weight excluding hydrogens is 252 g/mol. The molecule has 0 atom stereocenters. The maximum Gasteiger partial charge on any atom is 0.123 e. The third-order valence-electron chi connectivity index (χ3n) is 3.31. The lowest BCUT2D eigenvalue weighted by Crippen LogP contribution is -2.21. The van der Waals surface area contributed by atoms with Gasteiger partial charge < -0.3 is 5.32 Å². The minimum atomic E-state index is 0.494. The maximum atomic E-state index is 4.74. The van der Waals surface area contributed by atoms with Gasteiger partial charge in [-0.2, -0.15) is 0 Å². The molecule has 0 saturated heterocycles. The van der Waals surface area contributed by atoms with E-state index in [4.69, 9.17) is 4.98 Å². The van der Waals surface area contributed by atoms with Crippen LogP contribution in [0.3, 0.4) is 0 Å². The van der Waals surface area contributed by atoms with Crippen molar-refractivity contribution in [3.8, 4) is 10.6 Å². The van der Waals surface area contributed by atoms with Crippen LogP contribution in [-0.2, 0) is 6.54 Å². The number of benzene rings is 1. The number of hydrogen-bond acceptors (Lipinski definition) is 3. The predicted molar refractivity (Wildman–Crippen MR) is 83.7 cm³/mol. The topological polar surface area (TPSA) is 24.9 Å². The van der Waals surface area contributed by atoms with Crippen molar-refractivity contribution in [1.29, 1.82) is 0 Å². The van der Waals surface area contributed by atoms with Crippen molar-refractivity contribution in [3.05, 3.63) is 39.9 Å². The minimum Gasteiger partial charge on any atom is -0.309 e. The molecule has 1 heterocycles. The molecule has 0 unspecified atom stereocenters. The highest BCUT2D eigenvalue weighted by Gasteiger charge is 2.09. The van der Waals surface area contributed by atoms with Gasteiger partial charge in [-0.3, -0.25) is 0 Å². The summed E-state index contributed by atoms with van der Waals surface area (Å²) in [5.41, 5.74) is 6.38. The van der Waals surface area contributed by atoms with Crippen molar-refractivity contribution in [1.82, 2.24) is 10.3 Å². The van der Waals surface area contributed by atoms with Crippen LogP contribution in [0.4, 0.5) is 0 Å². The summed E-state index contributed by atoms with van der Waals surface area (Å²) in [6.45, 7) is 11.6. The second kappa shape index (κ2) is 5.85. The summed E-state index contributed by atoms with van der Waals surface area (Å²) in [6.07, 6.45) is 0. The molecule has 0 amide bonds. The number of aromatic nitrogens is 1. The summed E-state index contributed by atoms with van der Waals surface area (Å²) in [5, 5.41) is 6.68. The van der Waals surface area contributed by atoms with Crippen LogP contribution in [0.1, 0.15) is 36.2 Å². The Hall–Kier alpha value is -1.19. The van der Waals surface area contributed by atoms with Gasteiger partial charge in [0.05, 0.1) is 5.69 Å². The number of nitrogens with zero attached hydrogens (tertiary/aromatic N) is 1. The van der Waals surface area contributed by atoms with Gasteiger partial charge in [0, 0.05) is 23.5 Å². The molecule has 0 bridgehead atoms. The van der Waals surface area contributed by atoms with Gasteiger partial charge in [-0.05, 0) is 43.5 Å². The van der Waals surface area contributed by atoms with Crippen molar-refractivity contribution in [2.24, 2.45) is 0 Å². The largest absolute Gasteiger partial charge is 0.309 e. The Morgan fingerprint density at radius 1 is 1.11 bits per heavy atom. The molecule has 0 radical (unpaired) electrons. The van der Waals surface area contributed by atoms with Crippen molar-refractivity contribution < 1.29 is 0 Å². The van der Waals surface area contributed by atoms with Crippen LogP contribution in [0, 0.1) is 20.8 Å². The van der Waals surface area contributed by atoms with Gasteiger partial charge in [0.15, 0.2) is 0 Å². The van der Waals surface area contributed by atoms with Gasteiger partial charge >= 0.3 is 0 Å². The molecule has 0 saturated carbocycles. The molecule has 0 spiro atoms. The molecule has 1 aromatic heterocycles. The molecule has 2 nitrogen and oxygen atoms in total. The summed E-state index contributed by atoms with van der Waals surface area (Å²) < 4.78 is 0. The fourth-order valence-electron chi connectivity index (χ4n) is 2.01. The minimum absolute atomic E-state index is 0.494. The predicted octanol–water partition coefficient (Wildman–Crippen LogP) is 4.23. The third-order valence-corrected chi connectivity index (χ3v) is 4.24. The smallest absolute Gasteiger partial charge is 0.123 e. The first-order valence-corrected chi connectivity index (χ1v) is 7.61. The van der Waals surface area contributed by atoms with Crippen LogP contribution in [0.5, 0.6) is 0 Å². The zero-order chi connectivity index (χ0) is 14.0. The first-order chi connectivity index (χ1) is 8.97. The Morgan fingerprint density at radius 2 is 1.79 bits per heavy atom. The summed E-state index contributed by atoms with van der Waals surface area (Å²) in [4.78, 5) is 4.74. The molecule has 2 aromatic rings. The van der Waals surface area contributed by atoms with Crippen molar-refractivity contribution in [2.75, 3.05) is 0 Å². The van der Waals surface area contributed by atoms with E-state index >= 15 is 0 Å². The number of nitrogens with one attached hydrogen (secondary N) is 1. The van der Waals surface area contributed by atoms with Gasteiger partial charge in [0.2, 0.25) is 0 Å². The number of rotatable bonds is 4. The average molecular weight is 274 g/mol. The van der Waals surface area contributed by atoms with E-state index in [9.17, 15) is 0 Å². The molecule has 0 aliphatic heterocycles. The molecule has 1 aromatic carbocycles. The lowest BCUT2D eigenvalue weighted by molar-refractivity contribution is 0.583. The Labute approximate surface area is 119 Å². The second-order valence-electron chi connectivity index (χ2n) is 5.43. The summed E-state index contributed by atoms with van der Waals surface area (Å²) in [7, 11) is 0. The van der Waals surface area contributed by atoms with E-state index in [2.05, 4.69) is 57.4 Å². The number of aryl methyl sites for hydroxylation is 3. The number of thiazole rings is 1. The fourth-order valence-corrected chi connectivity index (χ4v) is 2.91. The molecule has 0 aliphatic rings. The van der Waals surface area contributed by atoms with Crippen LogP contribution >= 0.6 is 11.3 Å². The van der Waals surface area contributed by atoms with Gasteiger partial charge in [-0.25, -0.2) is 4.98 Å². The molecule has 0 fully saturated rings. The average Bonchev–Trinajstić information content (AvgIpc) is 2.80. The van der Waals surface area contributed by atoms with E-state index in [1.165, 1.54) is 22.3 Å². The van der Waals surface area contributed by atoms with Crippen LogP contribution < -0.4 is 5.32 Å². The quantitative estimate of drug-likeness (QED) is 0.902. The van der Waals surface area contributed by atoms with Crippen molar-refractivity contribution in [2.45, 2.75) is 47.2 Å².